The van der Waals surface area contributed by atoms with E-state index in [1.807, 2.05) is 0 Å². The van der Waals surface area contributed by atoms with Crippen LogP contribution in [0, 0.1) is 0 Å². The molecular formula is C15H30B2F8O3P2-2. The molecule has 0 bridgehead atoms. The van der Waals surface area contributed by atoms with E-state index < -0.39 is 22.1 Å². The molecule has 30 heavy (non-hydrogen) atoms. The summed E-state index contributed by atoms with van der Waals surface area (Å²) in [6.07, 6.45) is 14.4. The predicted octanol–water partition coefficient (Wildman–Crippen LogP) is 7.74. The smallest absolute Gasteiger partial charge is 0.418 e. The maximum atomic E-state index is 13.1. The third kappa shape index (κ3) is 21.4. The summed E-state index contributed by atoms with van der Waals surface area (Å²) in [6, 6.07) is 0. The predicted molar refractivity (Wildman–Crippen MR) is 108 cm³/mol. The van der Waals surface area contributed by atoms with Crippen molar-refractivity contribution in [3.05, 3.63) is 0 Å². The molecule has 0 heterocycles. The first-order valence-electron chi connectivity index (χ1n) is 10.1. The van der Waals surface area contributed by atoms with Crippen LogP contribution in [0.3, 0.4) is 0 Å². The molecule has 2 saturated carbocycles. The molecule has 0 aromatic carbocycles. The number of halogens is 8. The van der Waals surface area contributed by atoms with Crippen molar-refractivity contribution in [1.82, 2.24) is 0 Å². The Hall–Kier alpha value is 0.150. The summed E-state index contributed by atoms with van der Waals surface area (Å²) in [5, 5.41) is 0. The van der Waals surface area contributed by atoms with Gasteiger partial charge in [-0.1, -0.05) is 38.5 Å². The van der Waals surface area contributed by atoms with E-state index in [0.29, 0.717) is 6.16 Å². The van der Waals surface area contributed by atoms with Gasteiger partial charge >= 0.3 is 22.1 Å². The van der Waals surface area contributed by atoms with E-state index in [2.05, 4.69) is 9.24 Å². The zero-order valence-electron chi connectivity index (χ0n) is 16.8. The Kier molecular flexibility index (Phi) is 15.1. The lowest BCUT2D eigenvalue weighted by atomic mass is 9.98. The van der Waals surface area contributed by atoms with Crippen molar-refractivity contribution >= 4 is 31.3 Å². The second kappa shape index (κ2) is 15.1. The van der Waals surface area contributed by atoms with Crippen LogP contribution in [-0.2, 0) is 13.6 Å². The molecule has 0 aromatic heterocycles. The monoisotopic (exact) mass is 494 g/mol. The van der Waals surface area contributed by atoms with E-state index in [1.54, 1.807) is 0 Å². The Labute approximate surface area is 175 Å². The molecular weight excluding hydrogens is 464 g/mol. The average Bonchev–Trinajstić information content (AvgIpc) is 2.59. The molecule has 0 aromatic rings. The van der Waals surface area contributed by atoms with Crippen LogP contribution in [0.1, 0.15) is 70.6 Å². The normalized spacial score (nSPS) is 19.4. The van der Waals surface area contributed by atoms with Gasteiger partial charge in [0.15, 0.2) is 0 Å². The second-order valence-electron chi connectivity index (χ2n) is 7.20. The first-order valence-corrected chi connectivity index (χ1v) is 12.7. The summed E-state index contributed by atoms with van der Waals surface area (Å²) in [5.41, 5.74) is 0. The molecule has 3 nitrogen and oxygen atoms in total. The van der Waals surface area contributed by atoms with Crippen LogP contribution in [0.15, 0.2) is 0 Å². The van der Waals surface area contributed by atoms with Gasteiger partial charge in [0, 0.05) is 0 Å². The van der Waals surface area contributed by atoms with Crippen molar-refractivity contribution in [1.29, 1.82) is 0 Å². The van der Waals surface area contributed by atoms with Crippen molar-refractivity contribution in [3.8, 4) is 0 Å². The molecule has 0 spiro atoms. The highest BCUT2D eigenvalue weighted by molar-refractivity contribution is 7.53. The molecule has 0 saturated heterocycles. The first kappa shape index (κ1) is 30.1. The average molecular weight is 494 g/mol. The molecule has 1 atom stereocenters. The minimum absolute atomic E-state index is 0.169. The van der Waals surface area contributed by atoms with Crippen molar-refractivity contribution in [2.75, 3.05) is 12.3 Å². The molecule has 182 valence electrons. The minimum atomic E-state index is -6.00. The first-order chi connectivity index (χ1) is 13.7. The third-order valence-electron chi connectivity index (χ3n) is 4.36. The molecule has 2 rings (SSSR count). The number of rotatable bonds is 7. The topological polar surface area (TPSA) is 35.5 Å². The molecule has 15 heteroatoms. The maximum absolute atomic E-state index is 13.1. The largest absolute Gasteiger partial charge is 0.673 e. The van der Waals surface area contributed by atoms with Gasteiger partial charge in [-0.3, -0.25) is 4.57 Å². The van der Waals surface area contributed by atoms with Crippen LogP contribution in [0.5, 0.6) is 0 Å². The van der Waals surface area contributed by atoms with Gasteiger partial charge in [-0.05, 0) is 38.3 Å². The Morgan fingerprint density at radius 3 is 1.27 bits per heavy atom. The molecule has 0 N–H and O–H groups in total. The van der Waals surface area contributed by atoms with Crippen LogP contribution in [0.25, 0.3) is 0 Å². The van der Waals surface area contributed by atoms with E-state index in [-0.39, 0.29) is 12.2 Å². The lowest BCUT2D eigenvalue weighted by Gasteiger charge is -2.31. The van der Waals surface area contributed by atoms with Crippen molar-refractivity contribution in [2.45, 2.75) is 82.8 Å². The Balaban J connectivity index is 0.000000702. The zero-order valence-corrected chi connectivity index (χ0v) is 18.8. The van der Waals surface area contributed by atoms with Crippen molar-refractivity contribution in [2.24, 2.45) is 0 Å². The Morgan fingerprint density at radius 2 is 1.00 bits per heavy atom. The quantitative estimate of drug-likeness (QED) is 0.207. The fourth-order valence-corrected chi connectivity index (χ4v) is 5.92. The molecule has 2 aliphatic carbocycles. The fraction of sp³-hybridized carbons (Fsp3) is 1.00. The Morgan fingerprint density at radius 1 is 0.700 bits per heavy atom. The van der Waals surface area contributed by atoms with Crippen molar-refractivity contribution in [3.63, 3.8) is 0 Å². The summed E-state index contributed by atoms with van der Waals surface area (Å²) >= 11 is 0. The van der Waals surface area contributed by atoms with Crippen LogP contribution in [0.4, 0.5) is 34.5 Å². The highest BCUT2D eigenvalue weighted by Crippen LogP contribution is 2.53. The summed E-state index contributed by atoms with van der Waals surface area (Å²) < 4.78 is 103. The highest BCUT2D eigenvalue weighted by Gasteiger charge is 2.32. The lowest BCUT2D eigenvalue weighted by Crippen LogP contribution is -2.21. The van der Waals surface area contributed by atoms with Gasteiger partial charge in [0.1, 0.15) is 0 Å². The summed E-state index contributed by atoms with van der Waals surface area (Å²) in [6.45, 7) is 0. The molecule has 2 fully saturated rings. The standard InChI is InChI=1S/C15H30O3P2.2BF4/c16-20(13-7-12-19,17-14-8-3-1-4-9-14)18-15-10-5-2-6-11-15;2*2-1(3,4)5/h14-15H,1-13,19H2;;/q;2*-1. The number of hydrogen-bond donors (Lipinski definition) is 0. The molecule has 0 radical (unpaired) electrons. The van der Waals surface area contributed by atoms with Gasteiger partial charge in [-0.15, -0.1) is 9.24 Å². The zero-order chi connectivity index (χ0) is 23.3. The van der Waals surface area contributed by atoms with E-state index in [9.17, 15) is 39.1 Å². The van der Waals surface area contributed by atoms with Crippen LogP contribution >= 0.6 is 16.8 Å². The summed E-state index contributed by atoms with van der Waals surface area (Å²) in [4.78, 5) is 0. The number of hydrogen-bond acceptors (Lipinski definition) is 3. The van der Waals surface area contributed by atoms with Gasteiger partial charge in [-0.2, -0.15) is 0 Å². The lowest BCUT2D eigenvalue weighted by molar-refractivity contribution is 0.0791. The second-order valence-corrected chi connectivity index (χ2v) is 9.87. The van der Waals surface area contributed by atoms with E-state index in [1.165, 1.54) is 38.5 Å². The van der Waals surface area contributed by atoms with Crippen LogP contribution < -0.4 is 0 Å². The highest BCUT2D eigenvalue weighted by atomic mass is 31.2. The van der Waals surface area contributed by atoms with Gasteiger partial charge in [0.25, 0.3) is 0 Å². The van der Waals surface area contributed by atoms with Gasteiger partial charge < -0.3 is 43.6 Å². The van der Waals surface area contributed by atoms with E-state index in [4.69, 9.17) is 9.05 Å². The molecule has 0 amide bonds. The van der Waals surface area contributed by atoms with Crippen LogP contribution in [0.2, 0.25) is 0 Å². The SMILES string of the molecule is F[B-](F)(F)F.F[B-](F)(F)F.O=P(CCCP)(OC1CCCCC1)OC1CCCCC1. The Bertz CT molecular complexity index is 437. The summed E-state index contributed by atoms with van der Waals surface area (Å²) in [7, 11) is -12.2. The van der Waals surface area contributed by atoms with E-state index in [0.717, 1.165) is 38.3 Å². The molecule has 1 unspecified atom stereocenters. The molecule has 2 aliphatic rings. The minimum Gasteiger partial charge on any atom is -0.418 e. The van der Waals surface area contributed by atoms with Gasteiger partial charge in [0.2, 0.25) is 0 Å². The third-order valence-corrected chi connectivity index (χ3v) is 6.87. The molecule has 0 aliphatic heterocycles. The van der Waals surface area contributed by atoms with Crippen LogP contribution in [-0.4, -0.2) is 39.0 Å². The maximum Gasteiger partial charge on any atom is 0.673 e. The summed E-state index contributed by atoms with van der Waals surface area (Å²) in [5.74, 6) is 0. The van der Waals surface area contributed by atoms with Crippen molar-refractivity contribution < 1.29 is 48.1 Å². The van der Waals surface area contributed by atoms with Gasteiger partial charge in [0.05, 0.1) is 18.4 Å². The van der Waals surface area contributed by atoms with Gasteiger partial charge in [-0.25, -0.2) is 0 Å². The fourth-order valence-electron chi connectivity index (χ4n) is 3.21. The van der Waals surface area contributed by atoms with E-state index >= 15 is 0 Å².